The third-order valence-corrected chi connectivity index (χ3v) is 8.74. The molecule has 2 aliphatic heterocycles. The van der Waals surface area contributed by atoms with E-state index in [1.54, 1.807) is 0 Å². The molecule has 2 saturated heterocycles. The van der Waals surface area contributed by atoms with E-state index in [9.17, 15) is 13.2 Å². The Labute approximate surface area is 207 Å². The van der Waals surface area contributed by atoms with Crippen molar-refractivity contribution in [2.75, 3.05) is 39.4 Å². The average molecular weight is 506 g/mol. The summed E-state index contributed by atoms with van der Waals surface area (Å²) >= 11 is 6.28. The predicted octanol–water partition coefficient (Wildman–Crippen LogP) is 3.52. The predicted molar refractivity (Wildman–Crippen MR) is 132 cm³/mol. The number of carbonyl (C=O) groups is 1. The van der Waals surface area contributed by atoms with E-state index in [-0.39, 0.29) is 15.5 Å². The number of sulfonamides is 1. The highest BCUT2D eigenvalue weighted by Crippen LogP contribution is 2.26. The Morgan fingerprint density at radius 1 is 1.06 bits per heavy atom. The minimum atomic E-state index is -3.66. The second-order valence-electron chi connectivity index (χ2n) is 9.12. The van der Waals surface area contributed by atoms with Gasteiger partial charge in [-0.05, 0) is 48.1 Å². The van der Waals surface area contributed by atoms with Gasteiger partial charge in [-0.15, -0.1) is 0 Å². The number of halogens is 1. The number of benzene rings is 2. The summed E-state index contributed by atoms with van der Waals surface area (Å²) in [6, 6.07) is 12.4. The molecule has 0 spiro atoms. The van der Waals surface area contributed by atoms with Crippen molar-refractivity contribution in [3.63, 3.8) is 0 Å². The monoisotopic (exact) mass is 505 g/mol. The van der Waals surface area contributed by atoms with Crippen LogP contribution in [0.2, 0.25) is 5.02 Å². The van der Waals surface area contributed by atoms with Crippen LogP contribution in [0.25, 0.3) is 0 Å². The number of rotatable bonds is 7. The van der Waals surface area contributed by atoms with Gasteiger partial charge in [0.05, 0.1) is 28.7 Å². The topological polar surface area (TPSA) is 79.0 Å². The third kappa shape index (κ3) is 6.17. The molecule has 0 unspecified atom stereocenters. The Morgan fingerprint density at radius 2 is 1.76 bits per heavy atom. The SMILES string of the molecule is CC1CCN(S(=O)(=O)c2ccc(Cl)c(C(=O)NCc3cccc(CN4CCOCC4)c3)c2)CC1. The van der Waals surface area contributed by atoms with Gasteiger partial charge in [-0.1, -0.05) is 42.8 Å². The first-order valence-corrected chi connectivity index (χ1v) is 13.6. The molecule has 9 heteroatoms. The van der Waals surface area contributed by atoms with Crippen LogP contribution in [-0.4, -0.2) is 62.9 Å². The molecular formula is C25H32ClN3O4S. The molecule has 2 aromatic rings. The fourth-order valence-corrected chi connectivity index (χ4v) is 6.05. The maximum absolute atomic E-state index is 13.1. The molecule has 4 rings (SSSR count). The van der Waals surface area contributed by atoms with Crippen molar-refractivity contribution in [1.29, 1.82) is 0 Å². The molecule has 0 atom stereocenters. The minimum Gasteiger partial charge on any atom is -0.379 e. The third-order valence-electron chi connectivity index (χ3n) is 6.52. The average Bonchev–Trinajstić information content (AvgIpc) is 2.84. The van der Waals surface area contributed by atoms with Crippen molar-refractivity contribution in [2.24, 2.45) is 5.92 Å². The number of carbonyl (C=O) groups excluding carboxylic acids is 1. The Kier molecular flexibility index (Phi) is 8.26. The van der Waals surface area contributed by atoms with Crippen LogP contribution in [0.1, 0.15) is 41.3 Å². The number of morpholine rings is 1. The lowest BCUT2D eigenvalue weighted by molar-refractivity contribution is 0.0342. The second-order valence-corrected chi connectivity index (χ2v) is 11.5. The van der Waals surface area contributed by atoms with Gasteiger partial charge >= 0.3 is 0 Å². The normalized spacial score (nSPS) is 18.6. The fourth-order valence-electron chi connectivity index (χ4n) is 4.35. The molecule has 2 heterocycles. The number of amides is 1. The van der Waals surface area contributed by atoms with Gasteiger partial charge in [-0.25, -0.2) is 8.42 Å². The highest BCUT2D eigenvalue weighted by Gasteiger charge is 2.29. The summed E-state index contributed by atoms with van der Waals surface area (Å²) in [7, 11) is -3.66. The number of nitrogens with one attached hydrogen (secondary N) is 1. The maximum atomic E-state index is 13.1. The van der Waals surface area contributed by atoms with Crippen LogP contribution in [0.4, 0.5) is 0 Å². The molecule has 184 valence electrons. The zero-order valence-corrected chi connectivity index (χ0v) is 21.1. The van der Waals surface area contributed by atoms with Gasteiger partial charge in [0, 0.05) is 39.3 Å². The van der Waals surface area contributed by atoms with Gasteiger partial charge in [0.25, 0.3) is 5.91 Å². The van der Waals surface area contributed by atoms with E-state index < -0.39 is 15.9 Å². The summed E-state index contributed by atoms with van der Waals surface area (Å²) in [6.45, 7) is 7.61. The molecule has 2 fully saturated rings. The van der Waals surface area contributed by atoms with Gasteiger partial charge in [-0.3, -0.25) is 9.69 Å². The summed E-state index contributed by atoms with van der Waals surface area (Å²) in [6.07, 6.45) is 1.68. The molecule has 0 aliphatic carbocycles. The zero-order chi connectivity index (χ0) is 24.1. The largest absolute Gasteiger partial charge is 0.379 e. The lowest BCUT2D eigenvalue weighted by Gasteiger charge is -2.29. The van der Waals surface area contributed by atoms with Crippen molar-refractivity contribution in [3.8, 4) is 0 Å². The van der Waals surface area contributed by atoms with Gasteiger partial charge in [0.1, 0.15) is 0 Å². The number of ether oxygens (including phenoxy) is 1. The lowest BCUT2D eigenvalue weighted by Crippen LogP contribution is -2.38. The zero-order valence-electron chi connectivity index (χ0n) is 19.5. The fraction of sp³-hybridized carbons (Fsp3) is 0.480. The highest BCUT2D eigenvalue weighted by molar-refractivity contribution is 7.89. The van der Waals surface area contributed by atoms with Crippen molar-refractivity contribution >= 4 is 27.5 Å². The van der Waals surface area contributed by atoms with E-state index in [1.807, 2.05) is 12.1 Å². The van der Waals surface area contributed by atoms with Crippen molar-refractivity contribution in [3.05, 3.63) is 64.2 Å². The van der Waals surface area contributed by atoms with Crippen LogP contribution in [0.15, 0.2) is 47.4 Å². The lowest BCUT2D eigenvalue weighted by atomic mass is 10.0. The quantitative estimate of drug-likeness (QED) is 0.623. The van der Waals surface area contributed by atoms with E-state index in [0.29, 0.717) is 25.6 Å². The number of hydrogen-bond donors (Lipinski definition) is 1. The molecule has 1 N–H and O–H groups in total. The van der Waals surface area contributed by atoms with Crippen LogP contribution in [0.5, 0.6) is 0 Å². The summed E-state index contributed by atoms with van der Waals surface area (Å²) in [5.74, 6) is 0.123. The number of hydrogen-bond acceptors (Lipinski definition) is 5. The smallest absolute Gasteiger partial charge is 0.253 e. The van der Waals surface area contributed by atoms with Crippen LogP contribution in [0.3, 0.4) is 0 Å². The van der Waals surface area contributed by atoms with E-state index in [1.165, 1.54) is 28.1 Å². The van der Waals surface area contributed by atoms with Gasteiger partial charge in [0.2, 0.25) is 10.0 Å². The Balaban J connectivity index is 1.42. The van der Waals surface area contributed by atoms with Crippen LogP contribution >= 0.6 is 11.6 Å². The van der Waals surface area contributed by atoms with E-state index in [0.717, 1.165) is 51.3 Å². The van der Waals surface area contributed by atoms with E-state index >= 15 is 0 Å². The summed E-state index contributed by atoms with van der Waals surface area (Å²) < 4.78 is 33.1. The first-order valence-electron chi connectivity index (χ1n) is 11.8. The van der Waals surface area contributed by atoms with Crippen molar-refractivity contribution in [1.82, 2.24) is 14.5 Å². The first-order chi connectivity index (χ1) is 16.3. The van der Waals surface area contributed by atoms with Crippen molar-refractivity contribution < 1.29 is 17.9 Å². The standard InChI is InChI=1S/C25H32ClN3O4S/c1-19-7-9-29(10-8-19)34(31,32)22-5-6-24(26)23(16-22)25(30)27-17-20-3-2-4-21(15-20)18-28-11-13-33-14-12-28/h2-6,15-16,19H,7-14,17-18H2,1H3,(H,27,30). The molecule has 0 bridgehead atoms. The van der Waals surface area contributed by atoms with Crippen LogP contribution in [-0.2, 0) is 27.8 Å². The molecular weight excluding hydrogens is 474 g/mol. The summed E-state index contributed by atoms with van der Waals surface area (Å²) in [5, 5.41) is 3.11. The van der Waals surface area contributed by atoms with Gasteiger partial charge in [-0.2, -0.15) is 4.31 Å². The highest BCUT2D eigenvalue weighted by atomic mass is 35.5. The minimum absolute atomic E-state index is 0.101. The molecule has 2 aromatic carbocycles. The van der Waals surface area contributed by atoms with Crippen LogP contribution in [0, 0.1) is 5.92 Å². The van der Waals surface area contributed by atoms with Crippen molar-refractivity contribution in [2.45, 2.75) is 37.8 Å². The van der Waals surface area contributed by atoms with E-state index in [4.69, 9.17) is 16.3 Å². The molecule has 2 aliphatic rings. The first kappa shape index (κ1) is 25.1. The van der Waals surface area contributed by atoms with Gasteiger partial charge < -0.3 is 10.1 Å². The van der Waals surface area contributed by atoms with E-state index in [2.05, 4.69) is 29.3 Å². The Morgan fingerprint density at radius 3 is 2.50 bits per heavy atom. The molecule has 0 aromatic heterocycles. The number of piperidine rings is 1. The number of nitrogens with zero attached hydrogens (tertiary/aromatic N) is 2. The molecule has 0 saturated carbocycles. The summed E-state index contributed by atoms with van der Waals surface area (Å²) in [5.41, 5.74) is 2.31. The van der Waals surface area contributed by atoms with Gasteiger partial charge in [0.15, 0.2) is 0 Å². The summed E-state index contributed by atoms with van der Waals surface area (Å²) in [4.78, 5) is 15.4. The molecule has 7 nitrogen and oxygen atoms in total. The maximum Gasteiger partial charge on any atom is 0.253 e. The Hall–Kier alpha value is -1.97. The molecule has 1 amide bonds. The second kappa shape index (κ2) is 11.2. The Bertz CT molecular complexity index is 1110. The molecule has 34 heavy (non-hydrogen) atoms. The molecule has 0 radical (unpaired) electrons. The van der Waals surface area contributed by atoms with Crippen LogP contribution < -0.4 is 5.32 Å².